The van der Waals surface area contributed by atoms with Gasteiger partial charge in [0.1, 0.15) is 5.75 Å². The lowest BCUT2D eigenvalue weighted by Crippen LogP contribution is -2.28. The van der Waals surface area contributed by atoms with Gasteiger partial charge >= 0.3 is 7.12 Å². The van der Waals surface area contributed by atoms with Crippen LogP contribution in [-0.4, -0.2) is 31.4 Å². The first-order valence-electron chi connectivity index (χ1n) is 3.69. The molecule has 0 spiro atoms. The molecule has 0 bridgehead atoms. The van der Waals surface area contributed by atoms with E-state index >= 15 is 0 Å². The molecule has 72 valence electrons. The Labute approximate surface area is 80.9 Å². The van der Waals surface area contributed by atoms with Crippen LogP contribution in [0.3, 0.4) is 0 Å². The van der Waals surface area contributed by atoms with Crippen molar-refractivity contribution in [3.8, 4) is 10.8 Å². The van der Waals surface area contributed by atoms with E-state index in [1.165, 1.54) is 25.6 Å². The summed E-state index contributed by atoms with van der Waals surface area (Å²) >= 11 is 1.17. The minimum absolute atomic E-state index is 0.372. The van der Waals surface area contributed by atoms with Crippen LogP contribution in [0, 0.1) is 6.92 Å². The number of hydrogen-bond acceptors (Lipinski definition) is 5. The highest BCUT2D eigenvalue weighted by molar-refractivity contribution is 7.24. The average molecular weight is 202 g/mol. The summed E-state index contributed by atoms with van der Waals surface area (Å²) in [5, 5.41) is 18.6. The Balaban J connectivity index is 3.19. The minimum atomic E-state index is -1.51. The molecular formula is C7H11BO4S. The number of ether oxygens (including phenoxy) is 2. The zero-order valence-corrected chi connectivity index (χ0v) is 8.51. The van der Waals surface area contributed by atoms with Crippen LogP contribution in [0.2, 0.25) is 0 Å². The van der Waals surface area contributed by atoms with Crippen LogP contribution in [0.25, 0.3) is 0 Å². The van der Waals surface area contributed by atoms with Crippen LogP contribution < -0.4 is 14.3 Å². The molecule has 0 atom stereocenters. The molecule has 0 fully saturated rings. The molecule has 0 saturated heterocycles. The van der Waals surface area contributed by atoms with Crippen molar-refractivity contribution >= 4 is 23.2 Å². The van der Waals surface area contributed by atoms with Gasteiger partial charge in [0.25, 0.3) is 0 Å². The Hall–Kier alpha value is -0.715. The van der Waals surface area contributed by atoms with Gasteiger partial charge in [-0.3, -0.25) is 0 Å². The van der Waals surface area contributed by atoms with Crippen molar-refractivity contribution in [2.45, 2.75) is 6.92 Å². The van der Waals surface area contributed by atoms with E-state index in [4.69, 9.17) is 19.5 Å². The van der Waals surface area contributed by atoms with Gasteiger partial charge in [-0.1, -0.05) is 0 Å². The van der Waals surface area contributed by atoms with Crippen molar-refractivity contribution in [2.75, 3.05) is 14.2 Å². The maximum absolute atomic E-state index is 9.00. The maximum Gasteiger partial charge on any atom is 0.503 e. The molecule has 1 aromatic heterocycles. The SMILES string of the molecule is COc1sc(B(O)O)c(OC)c1C. The van der Waals surface area contributed by atoms with Crippen molar-refractivity contribution in [3.63, 3.8) is 0 Å². The van der Waals surface area contributed by atoms with Crippen molar-refractivity contribution < 1.29 is 19.5 Å². The standard InChI is InChI=1S/C7H11BO4S/c1-4-5(11-2)6(8(9)10)13-7(4)12-3/h9-10H,1-3H3. The second-order valence-corrected chi connectivity index (χ2v) is 3.50. The number of hydrogen-bond donors (Lipinski definition) is 2. The van der Waals surface area contributed by atoms with E-state index in [-0.39, 0.29) is 0 Å². The highest BCUT2D eigenvalue weighted by Gasteiger charge is 2.24. The summed E-state index contributed by atoms with van der Waals surface area (Å²) in [6.07, 6.45) is 0. The molecule has 1 aromatic rings. The lowest BCUT2D eigenvalue weighted by atomic mass is 9.88. The summed E-state index contributed by atoms with van der Waals surface area (Å²) in [5.74, 6) is 0.483. The van der Waals surface area contributed by atoms with E-state index in [1.807, 2.05) is 0 Å². The third-order valence-electron chi connectivity index (χ3n) is 1.70. The van der Waals surface area contributed by atoms with Gasteiger partial charge in [-0.25, -0.2) is 0 Å². The predicted octanol–water partition coefficient (Wildman–Crippen LogP) is -0.246. The lowest BCUT2D eigenvalue weighted by Gasteiger charge is -2.01. The van der Waals surface area contributed by atoms with Crippen LogP contribution in [-0.2, 0) is 0 Å². The number of methoxy groups -OCH3 is 2. The maximum atomic E-state index is 9.00. The topological polar surface area (TPSA) is 58.9 Å². The molecule has 0 aliphatic rings. The Morgan fingerprint density at radius 1 is 1.23 bits per heavy atom. The summed E-state index contributed by atoms with van der Waals surface area (Å²) < 4.78 is 10.4. The van der Waals surface area contributed by atoms with E-state index < -0.39 is 7.12 Å². The Kier molecular flexibility index (Phi) is 3.19. The molecule has 1 heterocycles. The van der Waals surface area contributed by atoms with Gasteiger partial charge in [0.15, 0.2) is 5.06 Å². The second kappa shape index (κ2) is 4.00. The third kappa shape index (κ3) is 1.79. The van der Waals surface area contributed by atoms with Gasteiger partial charge in [-0.05, 0) is 6.92 Å². The van der Waals surface area contributed by atoms with E-state index in [9.17, 15) is 0 Å². The van der Waals surface area contributed by atoms with Crippen LogP contribution in [0.4, 0.5) is 0 Å². The fraction of sp³-hybridized carbons (Fsp3) is 0.429. The highest BCUT2D eigenvalue weighted by atomic mass is 32.1. The quantitative estimate of drug-likeness (QED) is 0.663. The number of thiophene rings is 1. The van der Waals surface area contributed by atoms with Gasteiger partial charge in [-0.2, -0.15) is 0 Å². The first-order valence-corrected chi connectivity index (χ1v) is 4.50. The van der Waals surface area contributed by atoms with Crippen molar-refractivity contribution in [1.29, 1.82) is 0 Å². The van der Waals surface area contributed by atoms with E-state index in [0.29, 0.717) is 15.6 Å². The largest absolute Gasteiger partial charge is 0.503 e. The average Bonchev–Trinajstić information content (AvgIpc) is 2.42. The summed E-state index contributed by atoms with van der Waals surface area (Å²) in [4.78, 5) is 0. The smallest absolute Gasteiger partial charge is 0.496 e. The molecule has 0 saturated carbocycles. The first-order chi connectivity index (χ1) is 6.11. The predicted molar refractivity (Wildman–Crippen MR) is 52.0 cm³/mol. The molecule has 13 heavy (non-hydrogen) atoms. The molecule has 0 aliphatic carbocycles. The Bertz CT molecular complexity index is 297. The van der Waals surface area contributed by atoms with Gasteiger partial charge in [0, 0.05) is 5.56 Å². The summed E-state index contributed by atoms with van der Waals surface area (Å²) in [5.41, 5.74) is 0.790. The lowest BCUT2D eigenvalue weighted by molar-refractivity contribution is 0.396. The molecule has 1 rings (SSSR count). The van der Waals surface area contributed by atoms with Crippen molar-refractivity contribution in [3.05, 3.63) is 5.56 Å². The van der Waals surface area contributed by atoms with Gasteiger partial charge in [0.05, 0.1) is 19.0 Å². The molecule has 0 amide bonds. The van der Waals surface area contributed by atoms with E-state index in [2.05, 4.69) is 0 Å². The second-order valence-electron chi connectivity index (χ2n) is 2.49. The van der Waals surface area contributed by atoms with Gasteiger partial charge in [-0.15, -0.1) is 11.3 Å². The normalized spacial score (nSPS) is 9.92. The molecule has 6 heteroatoms. The van der Waals surface area contributed by atoms with Gasteiger partial charge in [0.2, 0.25) is 0 Å². The number of rotatable bonds is 3. The molecule has 4 nitrogen and oxygen atoms in total. The summed E-state index contributed by atoms with van der Waals surface area (Å²) in [6, 6.07) is 0. The minimum Gasteiger partial charge on any atom is -0.496 e. The van der Waals surface area contributed by atoms with Crippen LogP contribution in [0.15, 0.2) is 0 Å². The van der Waals surface area contributed by atoms with Crippen molar-refractivity contribution in [1.82, 2.24) is 0 Å². The van der Waals surface area contributed by atoms with Crippen molar-refractivity contribution in [2.24, 2.45) is 0 Å². The fourth-order valence-electron chi connectivity index (χ4n) is 1.12. The molecular weight excluding hydrogens is 191 g/mol. The highest BCUT2D eigenvalue weighted by Crippen LogP contribution is 2.32. The van der Waals surface area contributed by atoms with E-state index in [0.717, 1.165) is 5.56 Å². The molecule has 0 radical (unpaired) electrons. The summed E-state index contributed by atoms with van der Waals surface area (Å²) in [6.45, 7) is 1.81. The zero-order valence-electron chi connectivity index (χ0n) is 7.70. The molecule has 0 unspecified atom stereocenters. The Morgan fingerprint density at radius 3 is 2.15 bits per heavy atom. The van der Waals surface area contributed by atoms with Crippen LogP contribution in [0.5, 0.6) is 10.8 Å². The fourth-order valence-corrected chi connectivity index (χ4v) is 2.08. The molecule has 2 N–H and O–H groups in total. The zero-order chi connectivity index (χ0) is 10.0. The van der Waals surface area contributed by atoms with Gasteiger partial charge < -0.3 is 19.5 Å². The van der Waals surface area contributed by atoms with Crippen LogP contribution >= 0.6 is 11.3 Å². The monoisotopic (exact) mass is 202 g/mol. The molecule has 0 aromatic carbocycles. The van der Waals surface area contributed by atoms with Crippen LogP contribution in [0.1, 0.15) is 5.56 Å². The summed E-state index contributed by atoms with van der Waals surface area (Å²) in [7, 11) is 1.51. The van der Waals surface area contributed by atoms with E-state index in [1.54, 1.807) is 6.92 Å². The Morgan fingerprint density at radius 2 is 1.85 bits per heavy atom. The molecule has 0 aliphatic heterocycles. The first kappa shape index (κ1) is 10.4. The third-order valence-corrected chi connectivity index (χ3v) is 2.97.